The van der Waals surface area contributed by atoms with Crippen LogP contribution in [0.2, 0.25) is 0 Å². The van der Waals surface area contributed by atoms with Crippen molar-refractivity contribution in [2.75, 3.05) is 13.1 Å². The second-order valence-electron chi connectivity index (χ2n) is 4.62. The van der Waals surface area contributed by atoms with E-state index in [9.17, 15) is 9.90 Å². The minimum absolute atomic E-state index is 0.0538. The van der Waals surface area contributed by atoms with Gasteiger partial charge in [-0.05, 0) is 31.1 Å². The molecule has 1 aliphatic heterocycles. The van der Waals surface area contributed by atoms with Gasteiger partial charge in [-0.1, -0.05) is 13.3 Å². The van der Waals surface area contributed by atoms with E-state index in [1.165, 1.54) is 19.3 Å². The third-order valence-electron chi connectivity index (χ3n) is 3.71. The highest BCUT2D eigenvalue weighted by Crippen LogP contribution is 2.37. The maximum absolute atomic E-state index is 11.7. The number of aliphatic hydroxyl groups is 1. The Hall–Kier alpha value is -0.570. The van der Waals surface area contributed by atoms with Gasteiger partial charge in [-0.2, -0.15) is 0 Å². The van der Waals surface area contributed by atoms with E-state index < -0.39 is 6.10 Å². The van der Waals surface area contributed by atoms with Crippen LogP contribution in [-0.2, 0) is 4.79 Å². The summed E-state index contributed by atoms with van der Waals surface area (Å²) in [6.45, 7) is 3.63. The summed E-state index contributed by atoms with van der Waals surface area (Å²) < 4.78 is 0. The predicted molar refractivity (Wildman–Crippen MR) is 53.7 cm³/mol. The van der Waals surface area contributed by atoms with Crippen LogP contribution in [0, 0.1) is 11.8 Å². The van der Waals surface area contributed by atoms with E-state index in [1.54, 1.807) is 0 Å². The Bertz CT molecular complexity index is 217. The molecule has 1 aliphatic carbocycles. The van der Waals surface area contributed by atoms with E-state index in [0.29, 0.717) is 6.42 Å². The lowest BCUT2D eigenvalue weighted by atomic mass is 10.0. The van der Waals surface area contributed by atoms with Crippen LogP contribution in [0.3, 0.4) is 0 Å². The maximum Gasteiger partial charge on any atom is 0.251 e. The van der Waals surface area contributed by atoms with E-state index in [0.717, 1.165) is 24.9 Å². The summed E-state index contributed by atoms with van der Waals surface area (Å²) in [7, 11) is 0. The topological polar surface area (TPSA) is 40.5 Å². The number of fused-ring (bicyclic) bond motifs is 1. The van der Waals surface area contributed by atoms with Crippen LogP contribution < -0.4 is 0 Å². The number of hydrogen-bond donors (Lipinski definition) is 1. The fourth-order valence-electron chi connectivity index (χ4n) is 2.80. The molecule has 2 aliphatic rings. The fourth-order valence-corrected chi connectivity index (χ4v) is 2.80. The minimum Gasteiger partial charge on any atom is -0.383 e. The second kappa shape index (κ2) is 3.89. The van der Waals surface area contributed by atoms with Crippen molar-refractivity contribution in [1.29, 1.82) is 0 Å². The average molecular weight is 197 g/mol. The van der Waals surface area contributed by atoms with Gasteiger partial charge in [0.25, 0.3) is 5.91 Å². The lowest BCUT2D eigenvalue weighted by Gasteiger charge is -2.19. The van der Waals surface area contributed by atoms with Crippen LogP contribution in [-0.4, -0.2) is 35.1 Å². The van der Waals surface area contributed by atoms with Crippen LogP contribution in [0.15, 0.2) is 0 Å². The third kappa shape index (κ3) is 1.65. The van der Waals surface area contributed by atoms with E-state index in [-0.39, 0.29) is 5.91 Å². The van der Waals surface area contributed by atoms with Gasteiger partial charge in [-0.25, -0.2) is 0 Å². The first-order valence-electron chi connectivity index (χ1n) is 5.69. The number of amides is 1. The molecule has 0 aromatic heterocycles. The monoisotopic (exact) mass is 197 g/mol. The van der Waals surface area contributed by atoms with Crippen LogP contribution in [0.25, 0.3) is 0 Å². The largest absolute Gasteiger partial charge is 0.383 e. The molecule has 3 nitrogen and oxygen atoms in total. The Morgan fingerprint density at radius 2 is 2.00 bits per heavy atom. The molecule has 3 atom stereocenters. The molecule has 1 amide bonds. The Kier molecular flexibility index (Phi) is 2.77. The summed E-state index contributed by atoms with van der Waals surface area (Å²) in [6, 6.07) is 0. The molecule has 1 saturated carbocycles. The van der Waals surface area contributed by atoms with Crippen molar-refractivity contribution in [2.45, 2.75) is 38.7 Å². The highest BCUT2D eigenvalue weighted by molar-refractivity contribution is 5.80. The number of carbonyl (C=O) groups is 1. The Labute approximate surface area is 85.1 Å². The van der Waals surface area contributed by atoms with E-state index in [4.69, 9.17) is 0 Å². The van der Waals surface area contributed by atoms with Crippen molar-refractivity contribution in [1.82, 2.24) is 4.90 Å². The fraction of sp³-hybridized carbons (Fsp3) is 0.909. The molecule has 1 saturated heterocycles. The highest BCUT2D eigenvalue weighted by atomic mass is 16.3. The zero-order chi connectivity index (χ0) is 10.1. The van der Waals surface area contributed by atoms with E-state index >= 15 is 0 Å². The molecule has 2 fully saturated rings. The van der Waals surface area contributed by atoms with Gasteiger partial charge >= 0.3 is 0 Å². The number of hydrogen-bond acceptors (Lipinski definition) is 2. The highest BCUT2D eigenvalue weighted by Gasteiger charge is 2.38. The lowest BCUT2D eigenvalue weighted by molar-refractivity contribution is -0.139. The zero-order valence-electron chi connectivity index (χ0n) is 8.78. The zero-order valence-corrected chi connectivity index (χ0v) is 8.78. The van der Waals surface area contributed by atoms with Gasteiger partial charge in [0.15, 0.2) is 0 Å². The quantitative estimate of drug-likeness (QED) is 0.718. The van der Waals surface area contributed by atoms with Crippen molar-refractivity contribution in [3.63, 3.8) is 0 Å². The molecule has 14 heavy (non-hydrogen) atoms. The molecular weight excluding hydrogens is 178 g/mol. The minimum atomic E-state index is -0.770. The van der Waals surface area contributed by atoms with Crippen LogP contribution in [0.1, 0.15) is 32.6 Å². The van der Waals surface area contributed by atoms with Crippen LogP contribution in [0.4, 0.5) is 0 Å². The Morgan fingerprint density at radius 3 is 2.50 bits per heavy atom. The Morgan fingerprint density at radius 1 is 1.43 bits per heavy atom. The number of likely N-dealkylation sites (tertiary alicyclic amines) is 1. The summed E-state index contributed by atoms with van der Waals surface area (Å²) in [5, 5.41) is 9.46. The van der Waals surface area contributed by atoms with Crippen molar-refractivity contribution in [2.24, 2.45) is 11.8 Å². The molecule has 0 aromatic carbocycles. The predicted octanol–water partition coefficient (Wildman–Crippen LogP) is 1.02. The first-order chi connectivity index (χ1) is 6.72. The third-order valence-corrected chi connectivity index (χ3v) is 3.71. The van der Waals surface area contributed by atoms with Gasteiger partial charge in [-0.15, -0.1) is 0 Å². The van der Waals surface area contributed by atoms with Gasteiger partial charge < -0.3 is 10.0 Å². The molecular formula is C11H19NO2. The van der Waals surface area contributed by atoms with Gasteiger partial charge in [0, 0.05) is 13.1 Å². The molecule has 80 valence electrons. The van der Waals surface area contributed by atoms with E-state index in [1.807, 2.05) is 11.8 Å². The average Bonchev–Trinajstić information content (AvgIpc) is 2.74. The number of carbonyl (C=O) groups excluding carboxylic acids is 1. The summed E-state index contributed by atoms with van der Waals surface area (Å²) in [6.07, 6.45) is 3.64. The van der Waals surface area contributed by atoms with Crippen molar-refractivity contribution in [3.05, 3.63) is 0 Å². The van der Waals surface area contributed by atoms with E-state index in [2.05, 4.69) is 0 Å². The second-order valence-corrected chi connectivity index (χ2v) is 4.62. The Balaban J connectivity index is 1.92. The van der Waals surface area contributed by atoms with Crippen molar-refractivity contribution < 1.29 is 9.90 Å². The van der Waals surface area contributed by atoms with Crippen molar-refractivity contribution in [3.8, 4) is 0 Å². The van der Waals surface area contributed by atoms with Gasteiger partial charge in [-0.3, -0.25) is 4.79 Å². The lowest BCUT2D eigenvalue weighted by Crippen LogP contribution is -2.37. The van der Waals surface area contributed by atoms with Crippen LogP contribution in [0.5, 0.6) is 0 Å². The molecule has 3 heteroatoms. The maximum atomic E-state index is 11.7. The molecule has 2 rings (SSSR count). The summed E-state index contributed by atoms with van der Waals surface area (Å²) in [5.74, 6) is 1.40. The first-order valence-corrected chi connectivity index (χ1v) is 5.69. The summed E-state index contributed by atoms with van der Waals surface area (Å²) in [5.41, 5.74) is 0. The first kappa shape index (κ1) is 9.97. The smallest absolute Gasteiger partial charge is 0.251 e. The molecule has 0 aromatic rings. The number of aliphatic hydroxyl groups excluding tert-OH is 1. The number of rotatable bonds is 2. The molecule has 0 spiro atoms. The van der Waals surface area contributed by atoms with Gasteiger partial charge in [0.1, 0.15) is 6.10 Å². The number of nitrogens with zero attached hydrogens (tertiary/aromatic N) is 1. The summed E-state index contributed by atoms with van der Waals surface area (Å²) in [4.78, 5) is 13.5. The molecule has 0 bridgehead atoms. The van der Waals surface area contributed by atoms with Crippen molar-refractivity contribution >= 4 is 5.91 Å². The molecule has 1 N–H and O–H groups in total. The SMILES string of the molecule is CC[C@H](O)C(=O)N1CC2CCCC2C1. The van der Waals surface area contributed by atoms with Gasteiger partial charge in [0.2, 0.25) is 0 Å². The van der Waals surface area contributed by atoms with Crippen LogP contribution >= 0.6 is 0 Å². The molecule has 0 radical (unpaired) electrons. The molecule has 1 heterocycles. The summed E-state index contributed by atoms with van der Waals surface area (Å²) >= 11 is 0. The molecule has 2 unspecified atom stereocenters. The van der Waals surface area contributed by atoms with Gasteiger partial charge in [0.05, 0.1) is 0 Å². The normalized spacial score (nSPS) is 33.1. The standard InChI is InChI=1S/C11H19NO2/c1-2-10(13)11(14)12-6-8-4-3-5-9(8)7-12/h8-10,13H,2-7H2,1H3/t8?,9?,10-/m0/s1.